The Bertz CT molecular complexity index is 1170. The highest BCUT2D eigenvalue weighted by molar-refractivity contribution is 6.30. The van der Waals surface area contributed by atoms with Gasteiger partial charge in [0.05, 0.1) is 6.20 Å². The topological polar surface area (TPSA) is 54.2 Å². The third-order valence-electron chi connectivity index (χ3n) is 4.58. The number of halogens is 1. The van der Waals surface area contributed by atoms with Gasteiger partial charge in [-0.2, -0.15) is 5.10 Å². The van der Waals surface area contributed by atoms with Gasteiger partial charge in [0.1, 0.15) is 5.82 Å². The van der Waals surface area contributed by atoms with Gasteiger partial charge < -0.3 is 10.6 Å². The lowest BCUT2D eigenvalue weighted by atomic mass is 10.0. The van der Waals surface area contributed by atoms with E-state index >= 15 is 0 Å². The minimum Gasteiger partial charge on any atom is -0.385 e. The van der Waals surface area contributed by atoms with Gasteiger partial charge in [0, 0.05) is 34.7 Å². The fourth-order valence-corrected chi connectivity index (χ4v) is 3.30. The predicted octanol–water partition coefficient (Wildman–Crippen LogP) is 7.82. The van der Waals surface area contributed by atoms with Gasteiger partial charge in [-0.25, -0.2) is 9.50 Å². The predicted molar refractivity (Wildman–Crippen MR) is 143 cm³/mol. The van der Waals surface area contributed by atoms with Crippen LogP contribution in [0.2, 0.25) is 5.02 Å². The highest BCUT2D eigenvalue weighted by Gasteiger charge is 2.11. The second-order valence-electron chi connectivity index (χ2n) is 6.76. The van der Waals surface area contributed by atoms with Gasteiger partial charge in [0.15, 0.2) is 5.65 Å². The molecule has 0 fully saturated rings. The average Bonchev–Trinajstić information content (AvgIpc) is 3.28. The van der Waals surface area contributed by atoms with Crippen LogP contribution >= 0.6 is 11.6 Å². The van der Waals surface area contributed by atoms with Crippen LogP contribution in [0, 0.1) is 0 Å². The van der Waals surface area contributed by atoms with E-state index < -0.39 is 0 Å². The molecule has 2 heterocycles. The molecular weight excluding hydrogens is 430 g/mol. The molecule has 0 amide bonds. The molecular formula is C27H34ClN5. The summed E-state index contributed by atoms with van der Waals surface area (Å²) in [6.45, 7) is 15.2. The van der Waals surface area contributed by atoms with Gasteiger partial charge >= 0.3 is 0 Å². The summed E-state index contributed by atoms with van der Waals surface area (Å²) in [6.07, 6.45) is 4.79. The van der Waals surface area contributed by atoms with Gasteiger partial charge in [0.25, 0.3) is 0 Å². The molecule has 2 N–H and O–H groups in total. The van der Waals surface area contributed by atoms with E-state index in [0.717, 1.165) is 52.5 Å². The summed E-state index contributed by atoms with van der Waals surface area (Å²) in [5, 5.41) is 11.8. The molecule has 174 valence electrons. The van der Waals surface area contributed by atoms with Crippen molar-refractivity contribution < 1.29 is 0 Å². The number of nitrogens with one attached hydrogen (secondary N) is 2. The quantitative estimate of drug-likeness (QED) is 0.293. The molecule has 0 aliphatic rings. The molecule has 0 spiro atoms. The Balaban J connectivity index is 0.000000914. The van der Waals surface area contributed by atoms with Crippen LogP contribution in [0.1, 0.15) is 46.6 Å². The summed E-state index contributed by atoms with van der Waals surface area (Å²) in [7, 11) is 0. The van der Waals surface area contributed by atoms with Gasteiger partial charge in [0.2, 0.25) is 0 Å². The lowest BCUT2D eigenvalue weighted by molar-refractivity contribution is 0.825. The van der Waals surface area contributed by atoms with E-state index in [2.05, 4.69) is 47.4 Å². The maximum absolute atomic E-state index is 6.08. The Kier molecular flexibility index (Phi) is 10.4. The van der Waals surface area contributed by atoms with E-state index in [1.54, 1.807) is 4.52 Å². The molecule has 0 atom stereocenters. The number of aromatic nitrogens is 3. The first-order valence-corrected chi connectivity index (χ1v) is 11.9. The minimum absolute atomic E-state index is 0.676. The van der Waals surface area contributed by atoms with Crippen LogP contribution in [0.5, 0.6) is 0 Å². The van der Waals surface area contributed by atoms with Crippen LogP contribution in [-0.2, 0) is 0 Å². The molecule has 0 radical (unpaired) electrons. The van der Waals surface area contributed by atoms with Gasteiger partial charge in [-0.3, -0.25) is 0 Å². The molecule has 5 nitrogen and oxygen atoms in total. The second-order valence-corrected chi connectivity index (χ2v) is 7.20. The van der Waals surface area contributed by atoms with Crippen LogP contribution in [0.4, 0.5) is 11.5 Å². The standard InChI is InChI=1S/C23H22ClN5.2C2H6/c1-3-11-25-16(2)17-6-4-7-18(13-17)21-15-26-29-12-10-22(28-23(21)29)27-20-9-5-8-19(24)14-20;2*1-2/h4-10,12-15,25H,2-3,11H2,1H3,(H,27,28);2*1-2H3. The number of rotatable bonds is 7. The Hall–Kier alpha value is -3.31. The molecule has 33 heavy (non-hydrogen) atoms. The Morgan fingerprint density at radius 3 is 2.52 bits per heavy atom. The maximum atomic E-state index is 6.08. The van der Waals surface area contributed by atoms with E-state index in [1.165, 1.54) is 0 Å². The number of hydrogen-bond donors (Lipinski definition) is 2. The number of nitrogens with zero attached hydrogens (tertiary/aromatic N) is 3. The normalized spacial score (nSPS) is 9.88. The number of hydrogen-bond acceptors (Lipinski definition) is 4. The average molecular weight is 464 g/mol. The van der Waals surface area contributed by atoms with Crippen LogP contribution in [-0.4, -0.2) is 21.1 Å². The van der Waals surface area contributed by atoms with Crippen molar-refractivity contribution in [2.45, 2.75) is 41.0 Å². The lowest BCUT2D eigenvalue weighted by Crippen LogP contribution is -2.11. The van der Waals surface area contributed by atoms with Crippen molar-refractivity contribution in [2.24, 2.45) is 0 Å². The first-order valence-electron chi connectivity index (χ1n) is 11.5. The number of benzene rings is 2. The molecule has 4 rings (SSSR count). The van der Waals surface area contributed by atoms with Gasteiger partial charge in [-0.1, -0.05) is 77.1 Å². The van der Waals surface area contributed by atoms with Crippen molar-refractivity contribution >= 4 is 34.5 Å². The molecule has 0 unspecified atom stereocenters. The van der Waals surface area contributed by atoms with Crippen molar-refractivity contribution in [1.82, 2.24) is 19.9 Å². The summed E-state index contributed by atoms with van der Waals surface area (Å²) < 4.78 is 1.77. The zero-order chi connectivity index (χ0) is 24.2. The Morgan fingerprint density at radius 2 is 1.79 bits per heavy atom. The van der Waals surface area contributed by atoms with Crippen LogP contribution < -0.4 is 10.6 Å². The molecule has 2 aromatic carbocycles. The van der Waals surface area contributed by atoms with E-state index in [-0.39, 0.29) is 0 Å². The third kappa shape index (κ3) is 6.83. The zero-order valence-corrected chi connectivity index (χ0v) is 20.9. The third-order valence-corrected chi connectivity index (χ3v) is 4.81. The molecule has 6 heteroatoms. The zero-order valence-electron chi connectivity index (χ0n) is 20.2. The first-order chi connectivity index (χ1) is 16.1. The van der Waals surface area contributed by atoms with Crippen LogP contribution in [0.25, 0.3) is 22.5 Å². The van der Waals surface area contributed by atoms with E-state index in [9.17, 15) is 0 Å². The van der Waals surface area contributed by atoms with Crippen molar-refractivity contribution in [3.8, 4) is 11.1 Å². The summed E-state index contributed by atoms with van der Waals surface area (Å²) in [5.41, 5.74) is 5.65. The van der Waals surface area contributed by atoms with Crippen LogP contribution in [0.15, 0.2) is 73.6 Å². The highest BCUT2D eigenvalue weighted by Crippen LogP contribution is 2.27. The van der Waals surface area contributed by atoms with Crippen molar-refractivity contribution in [3.63, 3.8) is 0 Å². The van der Waals surface area contributed by atoms with Crippen molar-refractivity contribution in [1.29, 1.82) is 0 Å². The molecule has 0 aliphatic carbocycles. The van der Waals surface area contributed by atoms with Gasteiger partial charge in [-0.15, -0.1) is 0 Å². The molecule has 0 aliphatic heterocycles. The largest absolute Gasteiger partial charge is 0.385 e. The molecule has 4 aromatic rings. The van der Waals surface area contributed by atoms with E-state index in [4.69, 9.17) is 16.6 Å². The van der Waals surface area contributed by atoms with Crippen LogP contribution in [0.3, 0.4) is 0 Å². The summed E-state index contributed by atoms with van der Waals surface area (Å²) in [6, 6.07) is 17.7. The second kappa shape index (κ2) is 13.3. The first kappa shape index (κ1) is 25.9. The highest BCUT2D eigenvalue weighted by atomic mass is 35.5. The molecule has 0 saturated carbocycles. The fraction of sp³-hybridized carbons (Fsp3) is 0.259. The lowest BCUT2D eigenvalue weighted by Gasteiger charge is -2.10. The Morgan fingerprint density at radius 1 is 1.03 bits per heavy atom. The van der Waals surface area contributed by atoms with E-state index in [1.807, 2.05) is 76.5 Å². The van der Waals surface area contributed by atoms with Crippen molar-refractivity contribution in [2.75, 3.05) is 11.9 Å². The Labute approximate surface area is 202 Å². The summed E-state index contributed by atoms with van der Waals surface area (Å²) in [4.78, 5) is 4.77. The SMILES string of the molecule is C=C(NCCC)c1cccc(-c2cnn3ccc(Nc4cccc(Cl)c4)nc23)c1.CC.CC. The molecule has 0 bridgehead atoms. The summed E-state index contributed by atoms with van der Waals surface area (Å²) >= 11 is 6.08. The monoisotopic (exact) mass is 463 g/mol. The number of fused-ring (bicyclic) bond motifs is 1. The minimum atomic E-state index is 0.676. The fourth-order valence-electron chi connectivity index (χ4n) is 3.11. The molecule has 0 saturated heterocycles. The summed E-state index contributed by atoms with van der Waals surface area (Å²) in [5.74, 6) is 0.728. The van der Waals surface area contributed by atoms with Gasteiger partial charge in [-0.05, 0) is 47.9 Å². The molecule has 2 aromatic heterocycles. The van der Waals surface area contributed by atoms with Crippen molar-refractivity contribution in [3.05, 3.63) is 84.2 Å². The maximum Gasteiger partial charge on any atom is 0.165 e. The smallest absolute Gasteiger partial charge is 0.165 e. The number of anilines is 2. The van der Waals surface area contributed by atoms with E-state index in [0.29, 0.717) is 5.02 Å².